The maximum atomic E-state index is 12.9. The van der Waals surface area contributed by atoms with Gasteiger partial charge < -0.3 is 13.3 Å². The Hall–Kier alpha value is -3.94. The summed E-state index contributed by atoms with van der Waals surface area (Å²) in [6.45, 7) is 3.39. The molecule has 0 fully saturated rings. The van der Waals surface area contributed by atoms with E-state index in [9.17, 15) is 4.79 Å². The summed E-state index contributed by atoms with van der Waals surface area (Å²) < 4.78 is 19.1. The van der Waals surface area contributed by atoms with E-state index >= 15 is 0 Å². The van der Waals surface area contributed by atoms with Crippen molar-refractivity contribution in [2.24, 2.45) is 10.2 Å². The maximum Gasteiger partial charge on any atom is 0.532 e. The molecule has 0 bridgehead atoms. The number of halogens is 1. The number of rotatable bonds is 3. The Morgan fingerprint density at radius 3 is 1.97 bits per heavy atom. The Bertz CT molecular complexity index is 1440. The second kappa shape index (κ2) is 9.36. The third-order valence-electron chi connectivity index (χ3n) is 5.58. The summed E-state index contributed by atoms with van der Waals surface area (Å²) in [6, 6.07) is 28.3. The zero-order chi connectivity index (χ0) is 24.4. The van der Waals surface area contributed by atoms with Crippen LogP contribution in [0.5, 0.6) is 5.75 Å². The molecule has 35 heavy (non-hydrogen) atoms. The van der Waals surface area contributed by atoms with Crippen LogP contribution in [0.4, 0.5) is 0 Å². The summed E-state index contributed by atoms with van der Waals surface area (Å²) in [7, 11) is -3.55. The fourth-order valence-corrected chi connectivity index (χ4v) is 7.06. The average molecular weight is 501 g/mol. The quantitative estimate of drug-likeness (QED) is 0.390. The first kappa shape index (κ1) is 22.8. The largest absolute Gasteiger partial charge is 0.532 e. The van der Waals surface area contributed by atoms with Gasteiger partial charge in [0.05, 0.1) is 5.71 Å². The maximum absolute atomic E-state index is 12.9. The van der Waals surface area contributed by atoms with Gasteiger partial charge in [-0.3, -0.25) is 0 Å². The van der Waals surface area contributed by atoms with E-state index < -0.39 is 14.2 Å². The summed E-state index contributed by atoms with van der Waals surface area (Å²) in [5, 5.41) is 11.0. The van der Waals surface area contributed by atoms with Gasteiger partial charge in [-0.1, -0.05) is 72.3 Å². The lowest BCUT2D eigenvalue weighted by molar-refractivity contribution is 0.401. The summed E-state index contributed by atoms with van der Waals surface area (Å²) in [5.41, 5.74) is 0.696. The molecule has 0 spiro atoms. The SMILES string of the molecule is C/C1=N/N=C(/c2ccc(Cl)cc2)O[Si](c2ccccc2)(c2ccccc2)Oc2cc(C)oc(=O)c21. The van der Waals surface area contributed by atoms with Crippen molar-refractivity contribution in [3.05, 3.63) is 123 Å². The van der Waals surface area contributed by atoms with Gasteiger partial charge >= 0.3 is 14.2 Å². The van der Waals surface area contributed by atoms with Gasteiger partial charge in [0.2, 0.25) is 5.90 Å². The van der Waals surface area contributed by atoms with E-state index in [0.717, 1.165) is 10.4 Å². The molecule has 0 amide bonds. The van der Waals surface area contributed by atoms with Crippen molar-refractivity contribution in [3.63, 3.8) is 0 Å². The minimum absolute atomic E-state index is 0.212. The number of hydrogen-bond donors (Lipinski definition) is 0. The van der Waals surface area contributed by atoms with E-state index in [4.69, 9.17) is 24.9 Å². The second-order valence-corrected chi connectivity index (χ2v) is 11.3. The van der Waals surface area contributed by atoms with Crippen molar-refractivity contribution in [2.75, 3.05) is 0 Å². The lowest BCUT2D eigenvalue weighted by Crippen LogP contribution is -2.66. The molecule has 2 heterocycles. The zero-order valence-electron chi connectivity index (χ0n) is 19.1. The second-order valence-electron chi connectivity index (χ2n) is 8.03. The van der Waals surface area contributed by atoms with Crippen LogP contribution in [0.3, 0.4) is 0 Å². The molecule has 1 aliphatic rings. The molecule has 0 N–H and O–H groups in total. The highest BCUT2D eigenvalue weighted by Gasteiger charge is 2.49. The molecule has 5 rings (SSSR count). The summed E-state index contributed by atoms with van der Waals surface area (Å²) in [4.78, 5) is 12.9. The first-order valence-corrected chi connectivity index (χ1v) is 13.2. The topological polar surface area (TPSA) is 73.4 Å². The molecule has 0 saturated carbocycles. The first-order valence-electron chi connectivity index (χ1n) is 11.0. The number of aryl methyl sites for hydroxylation is 1. The Balaban J connectivity index is 1.84. The lowest BCUT2D eigenvalue weighted by atomic mass is 10.2. The van der Waals surface area contributed by atoms with Gasteiger partial charge in [-0.25, -0.2) is 4.79 Å². The van der Waals surface area contributed by atoms with E-state index in [2.05, 4.69) is 10.2 Å². The van der Waals surface area contributed by atoms with E-state index in [1.54, 1.807) is 32.0 Å². The van der Waals surface area contributed by atoms with Crippen molar-refractivity contribution in [1.82, 2.24) is 0 Å². The van der Waals surface area contributed by atoms with Crippen LogP contribution in [0.25, 0.3) is 0 Å². The van der Waals surface area contributed by atoms with Crippen molar-refractivity contribution >= 4 is 42.1 Å². The monoisotopic (exact) mass is 500 g/mol. The predicted octanol–water partition coefficient (Wildman–Crippen LogP) is 4.44. The fourth-order valence-electron chi connectivity index (χ4n) is 3.92. The highest BCUT2D eigenvalue weighted by Crippen LogP contribution is 2.25. The van der Waals surface area contributed by atoms with Gasteiger partial charge in [-0.05, 0) is 38.1 Å². The molecule has 4 aromatic rings. The molecular formula is C27H21ClN2O4Si. The molecule has 0 atom stereocenters. The Morgan fingerprint density at radius 2 is 1.37 bits per heavy atom. The Labute approximate surface area is 208 Å². The van der Waals surface area contributed by atoms with Crippen molar-refractivity contribution < 1.29 is 13.3 Å². The van der Waals surface area contributed by atoms with E-state index in [0.29, 0.717) is 27.8 Å². The minimum atomic E-state index is -3.55. The van der Waals surface area contributed by atoms with Crippen LogP contribution in [0, 0.1) is 6.92 Å². The molecule has 3 aromatic carbocycles. The molecule has 1 aromatic heterocycles. The average Bonchev–Trinajstić information content (AvgIpc) is 2.93. The Morgan fingerprint density at radius 1 is 0.771 bits per heavy atom. The summed E-state index contributed by atoms with van der Waals surface area (Å²) in [6.07, 6.45) is 0. The van der Waals surface area contributed by atoms with Crippen LogP contribution in [-0.2, 0) is 4.43 Å². The van der Waals surface area contributed by atoms with Crippen LogP contribution in [0.2, 0.25) is 5.02 Å². The molecule has 0 unspecified atom stereocenters. The van der Waals surface area contributed by atoms with Crippen LogP contribution >= 0.6 is 11.6 Å². The molecule has 0 saturated heterocycles. The van der Waals surface area contributed by atoms with Crippen LogP contribution in [0.1, 0.15) is 23.8 Å². The normalized spacial score (nSPS) is 17.7. The van der Waals surface area contributed by atoms with Crippen LogP contribution in [-0.4, -0.2) is 20.2 Å². The van der Waals surface area contributed by atoms with E-state index in [-0.39, 0.29) is 11.5 Å². The third kappa shape index (κ3) is 4.43. The van der Waals surface area contributed by atoms with Crippen molar-refractivity contribution in [1.29, 1.82) is 0 Å². The number of fused-ring (bicyclic) bond motifs is 1. The van der Waals surface area contributed by atoms with Gasteiger partial charge in [-0.2, -0.15) is 5.10 Å². The van der Waals surface area contributed by atoms with E-state index in [1.165, 1.54) is 0 Å². The Kier molecular flexibility index (Phi) is 6.11. The standard InChI is InChI=1S/C27H21ClN2O4Si/c1-18-17-24-25(27(31)32-18)19(2)29-30-26(20-13-15-21(28)16-14-20)34-35(33-24,22-9-5-3-6-10-22)23-11-7-4-8-12-23/h3-17H,1-2H3/b29-19-,30-26-. The van der Waals surface area contributed by atoms with Gasteiger partial charge in [0.15, 0.2) is 0 Å². The highest BCUT2D eigenvalue weighted by molar-refractivity contribution is 6.94. The lowest BCUT2D eigenvalue weighted by Gasteiger charge is -2.32. The first-order chi connectivity index (χ1) is 17.0. The van der Waals surface area contributed by atoms with Crippen LogP contribution in [0.15, 0.2) is 110 Å². The molecule has 8 heteroatoms. The highest BCUT2D eigenvalue weighted by atomic mass is 35.5. The van der Waals surface area contributed by atoms with Gasteiger partial charge in [0.25, 0.3) is 0 Å². The van der Waals surface area contributed by atoms with Crippen molar-refractivity contribution in [3.8, 4) is 5.75 Å². The fraction of sp³-hybridized carbons (Fsp3) is 0.0741. The van der Waals surface area contributed by atoms with Crippen LogP contribution < -0.4 is 20.4 Å². The summed E-state index contributed by atoms with van der Waals surface area (Å²) in [5.74, 6) is 1.02. The molecule has 0 aliphatic carbocycles. The predicted molar refractivity (Wildman–Crippen MR) is 140 cm³/mol. The third-order valence-corrected chi connectivity index (χ3v) is 9.01. The molecular weight excluding hydrogens is 480 g/mol. The zero-order valence-corrected chi connectivity index (χ0v) is 20.8. The van der Waals surface area contributed by atoms with Crippen molar-refractivity contribution in [2.45, 2.75) is 13.8 Å². The number of nitrogens with zero attached hydrogens (tertiary/aromatic N) is 2. The van der Waals surface area contributed by atoms with Gasteiger partial charge in [0.1, 0.15) is 17.1 Å². The number of hydrogen-bond acceptors (Lipinski definition) is 6. The van der Waals surface area contributed by atoms with E-state index in [1.807, 2.05) is 72.8 Å². The molecule has 1 aliphatic heterocycles. The van der Waals surface area contributed by atoms with Gasteiger partial charge in [0, 0.05) is 27.0 Å². The minimum Gasteiger partial charge on any atom is -0.505 e. The summed E-state index contributed by atoms with van der Waals surface area (Å²) >= 11 is 6.13. The smallest absolute Gasteiger partial charge is 0.505 e. The van der Waals surface area contributed by atoms with Gasteiger partial charge in [-0.15, -0.1) is 5.10 Å². The molecule has 174 valence electrons. The molecule has 6 nitrogen and oxygen atoms in total. The number of benzene rings is 3. The molecule has 0 radical (unpaired) electrons.